The summed E-state index contributed by atoms with van der Waals surface area (Å²) in [6.07, 6.45) is 4.58. The molecule has 0 atom stereocenters. The Hall–Kier alpha value is -0.330. The van der Waals surface area contributed by atoms with Gasteiger partial charge in [0.15, 0.2) is 0 Å². The fourth-order valence-electron chi connectivity index (χ4n) is 2.42. The maximum absolute atomic E-state index is 8.30. The zero-order valence-electron chi connectivity index (χ0n) is 10.8. The molecule has 0 aliphatic carbocycles. The third-order valence-electron chi connectivity index (χ3n) is 3.10. The highest BCUT2D eigenvalue weighted by Crippen LogP contribution is 2.36. The molecular formula is C13H27N. The van der Waals surface area contributed by atoms with Crippen LogP contribution < -0.4 is 0 Å². The van der Waals surface area contributed by atoms with E-state index < -0.39 is 0 Å². The van der Waals surface area contributed by atoms with Crippen LogP contribution in [0.4, 0.5) is 0 Å². The minimum atomic E-state index is 0.0768. The molecule has 0 aromatic heterocycles. The molecule has 0 saturated heterocycles. The summed E-state index contributed by atoms with van der Waals surface area (Å²) >= 11 is 0. The molecule has 1 heteroatoms. The Morgan fingerprint density at radius 1 is 0.857 bits per heavy atom. The highest BCUT2D eigenvalue weighted by molar-refractivity contribution is 5.91. The van der Waals surface area contributed by atoms with Gasteiger partial charge in [-0.15, -0.1) is 0 Å². The summed E-state index contributed by atoms with van der Waals surface area (Å²) in [5.74, 6) is 0. The molecule has 0 aromatic rings. The van der Waals surface area contributed by atoms with Gasteiger partial charge in [-0.05, 0) is 12.8 Å². The number of rotatable bonds is 6. The second-order valence-corrected chi connectivity index (χ2v) is 5.64. The van der Waals surface area contributed by atoms with Crippen molar-refractivity contribution in [2.24, 2.45) is 10.8 Å². The van der Waals surface area contributed by atoms with Crippen molar-refractivity contribution in [3.8, 4) is 0 Å². The van der Waals surface area contributed by atoms with E-state index in [1.807, 2.05) is 0 Å². The van der Waals surface area contributed by atoms with Gasteiger partial charge in [-0.1, -0.05) is 54.4 Å². The first-order valence-corrected chi connectivity index (χ1v) is 5.87. The van der Waals surface area contributed by atoms with Gasteiger partial charge in [0.2, 0.25) is 0 Å². The van der Waals surface area contributed by atoms with Crippen molar-refractivity contribution in [2.45, 2.75) is 67.2 Å². The summed E-state index contributed by atoms with van der Waals surface area (Å²) in [4.78, 5) is 0. The van der Waals surface area contributed by atoms with Crippen LogP contribution >= 0.6 is 0 Å². The van der Waals surface area contributed by atoms with Crippen LogP contribution in [-0.4, -0.2) is 5.71 Å². The van der Waals surface area contributed by atoms with Crippen molar-refractivity contribution in [2.75, 3.05) is 0 Å². The normalized spacial score (nSPS) is 13.0. The zero-order chi connectivity index (χ0) is 11.4. The molecule has 0 unspecified atom stereocenters. The van der Waals surface area contributed by atoms with Gasteiger partial charge in [-0.25, -0.2) is 0 Å². The van der Waals surface area contributed by atoms with Gasteiger partial charge < -0.3 is 5.41 Å². The molecule has 0 aliphatic rings. The van der Waals surface area contributed by atoms with Crippen molar-refractivity contribution in [1.29, 1.82) is 5.41 Å². The van der Waals surface area contributed by atoms with Crippen LogP contribution in [0, 0.1) is 16.2 Å². The average molecular weight is 197 g/mol. The van der Waals surface area contributed by atoms with E-state index in [0.29, 0.717) is 0 Å². The van der Waals surface area contributed by atoms with Crippen molar-refractivity contribution in [3.05, 3.63) is 0 Å². The van der Waals surface area contributed by atoms with Gasteiger partial charge in [0.25, 0.3) is 0 Å². The summed E-state index contributed by atoms with van der Waals surface area (Å²) in [6, 6.07) is 0. The third kappa shape index (κ3) is 3.43. The molecule has 0 heterocycles. The molecule has 14 heavy (non-hydrogen) atoms. The molecule has 0 aliphatic heterocycles. The fraction of sp³-hybridized carbons (Fsp3) is 0.923. The fourth-order valence-corrected chi connectivity index (χ4v) is 2.42. The molecule has 1 N–H and O–H groups in total. The van der Waals surface area contributed by atoms with Crippen molar-refractivity contribution >= 4 is 5.71 Å². The SMILES string of the molecule is CCCC(C)(C)C(=N)C(C)(C)CCC. The van der Waals surface area contributed by atoms with E-state index in [1.165, 1.54) is 0 Å². The molecule has 1 nitrogen and oxygen atoms in total. The summed E-state index contributed by atoms with van der Waals surface area (Å²) < 4.78 is 0. The molecular weight excluding hydrogens is 170 g/mol. The third-order valence-corrected chi connectivity index (χ3v) is 3.10. The van der Waals surface area contributed by atoms with E-state index in [0.717, 1.165) is 31.4 Å². The van der Waals surface area contributed by atoms with Crippen LogP contribution in [0.25, 0.3) is 0 Å². The number of nitrogens with one attached hydrogen (secondary N) is 1. The Bertz CT molecular complexity index is 169. The predicted molar refractivity (Wildman–Crippen MR) is 65.1 cm³/mol. The molecule has 0 spiro atoms. The first kappa shape index (κ1) is 13.7. The first-order chi connectivity index (χ1) is 6.28. The maximum atomic E-state index is 8.30. The van der Waals surface area contributed by atoms with Crippen molar-refractivity contribution in [1.82, 2.24) is 0 Å². The Morgan fingerprint density at radius 2 is 1.14 bits per heavy atom. The maximum Gasteiger partial charge on any atom is 0.0201 e. The highest BCUT2D eigenvalue weighted by atomic mass is 14.5. The van der Waals surface area contributed by atoms with Gasteiger partial charge in [0.05, 0.1) is 0 Å². The lowest BCUT2D eigenvalue weighted by atomic mass is 9.69. The summed E-state index contributed by atoms with van der Waals surface area (Å²) in [6.45, 7) is 13.2. The second-order valence-electron chi connectivity index (χ2n) is 5.64. The second kappa shape index (κ2) is 4.95. The molecule has 0 rings (SSSR count). The van der Waals surface area contributed by atoms with Crippen LogP contribution in [-0.2, 0) is 0 Å². The van der Waals surface area contributed by atoms with E-state index in [2.05, 4.69) is 41.5 Å². The standard InChI is InChI=1S/C13H27N/c1-7-9-12(3,4)11(14)13(5,6)10-8-2/h14H,7-10H2,1-6H3. The van der Waals surface area contributed by atoms with Gasteiger partial charge >= 0.3 is 0 Å². The van der Waals surface area contributed by atoms with Crippen LogP contribution in [0.1, 0.15) is 67.2 Å². The Kier molecular flexibility index (Phi) is 4.83. The summed E-state index contributed by atoms with van der Waals surface area (Å²) in [5, 5.41) is 8.30. The van der Waals surface area contributed by atoms with Crippen LogP contribution in [0.3, 0.4) is 0 Å². The quantitative estimate of drug-likeness (QED) is 0.599. The minimum absolute atomic E-state index is 0.0768. The molecule has 0 bridgehead atoms. The van der Waals surface area contributed by atoms with E-state index in [9.17, 15) is 0 Å². The number of hydrogen-bond donors (Lipinski definition) is 1. The molecule has 0 fully saturated rings. The Labute approximate surface area is 89.8 Å². The number of hydrogen-bond acceptors (Lipinski definition) is 1. The minimum Gasteiger partial charge on any atom is -0.309 e. The first-order valence-electron chi connectivity index (χ1n) is 5.87. The van der Waals surface area contributed by atoms with Crippen LogP contribution in [0.2, 0.25) is 0 Å². The van der Waals surface area contributed by atoms with Crippen molar-refractivity contribution < 1.29 is 0 Å². The van der Waals surface area contributed by atoms with E-state index in [-0.39, 0.29) is 10.8 Å². The largest absolute Gasteiger partial charge is 0.309 e. The summed E-state index contributed by atoms with van der Waals surface area (Å²) in [5.41, 5.74) is 1.08. The van der Waals surface area contributed by atoms with Gasteiger partial charge in [0, 0.05) is 16.5 Å². The van der Waals surface area contributed by atoms with E-state index in [1.54, 1.807) is 0 Å². The highest BCUT2D eigenvalue weighted by Gasteiger charge is 2.33. The predicted octanol–water partition coefficient (Wildman–Crippen LogP) is 4.66. The molecule has 84 valence electrons. The molecule has 0 radical (unpaired) electrons. The van der Waals surface area contributed by atoms with Gasteiger partial charge in [-0.2, -0.15) is 0 Å². The Morgan fingerprint density at radius 3 is 1.36 bits per heavy atom. The average Bonchev–Trinajstić information content (AvgIpc) is 2.02. The molecule has 0 aromatic carbocycles. The van der Waals surface area contributed by atoms with E-state index >= 15 is 0 Å². The monoisotopic (exact) mass is 197 g/mol. The molecule has 0 saturated carbocycles. The lowest BCUT2D eigenvalue weighted by Gasteiger charge is -2.36. The van der Waals surface area contributed by atoms with Crippen LogP contribution in [0.15, 0.2) is 0 Å². The lowest BCUT2D eigenvalue weighted by molar-refractivity contribution is 0.374. The zero-order valence-corrected chi connectivity index (χ0v) is 10.8. The van der Waals surface area contributed by atoms with E-state index in [4.69, 9.17) is 5.41 Å². The molecule has 0 amide bonds. The topological polar surface area (TPSA) is 23.9 Å². The summed E-state index contributed by atoms with van der Waals surface area (Å²) in [7, 11) is 0. The van der Waals surface area contributed by atoms with Crippen LogP contribution in [0.5, 0.6) is 0 Å². The smallest absolute Gasteiger partial charge is 0.0201 e. The lowest BCUT2D eigenvalue weighted by Crippen LogP contribution is -2.36. The van der Waals surface area contributed by atoms with Gasteiger partial charge in [-0.3, -0.25) is 0 Å². The van der Waals surface area contributed by atoms with Gasteiger partial charge in [0.1, 0.15) is 0 Å². The Balaban J connectivity index is 4.58. The van der Waals surface area contributed by atoms with Crippen molar-refractivity contribution in [3.63, 3.8) is 0 Å².